The molecule has 0 fully saturated rings. The fourth-order valence-electron chi connectivity index (χ4n) is 3.16. The Morgan fingerprint density at radius 1 is 0.938 bits per heavy atom. The van der Waals surface area contributed by atoms with Crippen LogP contribution in [0.1, 0.15) is 23.6 Å². The van der Waals surface area contributed by atoms with Gasteiger partial charge >= 0.3 is 0 Å². The highest BCUT2D eigenvalue weighted by Gasteiger charge is 2.27. The fourth-order valence-corrected chi connectivity index (χ4v) is 4.58. The highest BCUT2D eigenvalue weighted by molar-refractivity contribution is 7.92. The molecule has 7 heteroatoms. The Morgan fingerprint density at radius 3 is 2.19 bits per heavy atom. The summed E-state index contributed by atoms with van der Waals surface area (Å²) in [5.41, 5.74) is 3.26. The highest BCUT2D eigenvalue weighted by Crippen LogP contribution is 2.24. The van der Waals surface area contributed by atoms with E-state index in [1.807, 2.05) is 57.2 Å². The molecule has 0 aliphatic heterocycles. The number of anilines is 1. The van der Waals surface area contributed by atoms with E-state index >= 15 is 0 Å². The molecule has 3 aromatic rings. The van der Waals surface area contributed by atoms with Crippen LogP contribution in [0, 0.1) is 13.8 Å². The van der Waals surface area contributed by atoms with Crippen LogP contribution in [-0.2, 0) is 21.4 Å². The first-order valence-electron chi connectivity index (χ1n) is 10.4. The van der Waals surface area contributed by atoms with Crippen molar-refractivity contribution in [3.8, 4) is 5.75 Å². The number of hydrogen-bond donors (Lipinski definition) is 1. The van der Waals surface area contributed by atoms with E-state index in [9.17, 15) is 13.2 Å². The zero-order valence-corrected chi connectivity index (χ0v) is 19.4. The van der Waals surface area contributed by atoms with Gasteiger partial charge in [-0.3, -0.25) is 9.10 Å². The van der Waals surface area contributed by atoms with Gasteiger partial charge in [0.15, 0.2) is 0 Å². The first-order chi connectivity index (χ1) is 15.3. The Labute approximate surface area is 189 Å². The number of carbonyl (C=O) groups is 1. The minimum atomic E-state index is -3.92. The molecule has 0 aromatic heterocycles. The van der Waals surface area contributed by atoms with Gasteiger partial charge in [-0.25, -0.2) is 8.42 Å². The molecule has 1 amide bonds. The Hall–Kier alpha value is -3.32. The lowest BCUT2D eigenvalue weighted by atomic mass is 10.2. The van der Waals surface area contributed by atoms with E-state index < -0.39 is 15.9 Å². The normalized spacial score (nSPS) is 11.1. The van der Waals surface area contributed by atoms with Crippen molar-refractivity contribution >= 4 is 21.6 Å². The predicted octanol–water partition coefficient (Wildman–Crippen LogP) is 4.21. The third-order valence-corrected chi connectivity index (χ3v) is 6.71. The lowest BCUT2D eigenvalue weighted by Crippen LogP contribution is -2.40. The first kappa shape index (κ1) is 23.3. The summed E-state index contributed by atoms with van der Waals surface area (Å²) in [5, 5.41) is 2.81. The fraction of sp³-hybridized carbons (Fsp3) is 0.240. The van der Waals surface area contributed by atoms with Gasteiger partial charge in [-0.15, -0.1) is 0 Å². The number of sulfonamides is 1. The number of nitrogens with one attached hydrogen (secondary N) is 1. The van der Waals surface area contributed by atoms with E-state index in [0.717, 1.165) is 26.7 Å². The number of hydrogen-bond acceptors (Lipinski definition) is 4. The first-order valence-corrected chi connectivity index (χ1v) is 11.9. The van der Waals surface area contributed by atoms with Crippen molar-refractivity contribution in [2.24, 2.45) is 0 Å². The van der Waals surface area contributed by atoms with Gasteiger partial charge < -0.3 is 10.1 Å². The van der Waals surface area contributed by atoms with Gasteiger partial charge in [0.25, 0.3) is 10.0 Å². The van der Waals surface area contributed by atoms with E-state index in [0.29, 0.717) is 12.3 Å². The van der Waals surface area contributed by atoms with Crippen LogP contribution in [0.2, 0.25) is 0 Å². The quantitative estimate of drug-likeness (QED) is 0.528. The van der Waals surface area contributed by atoms with E-state index in [2.05, 4.69) is 5.32 Å². The summed E-state index contributed by atoms with van der Waals surface area (Å²) >= 11 is 0. The molecule has 6 nitrogen and oxygen atoms in total. The molecule has 1 N–H and O–H groups in total. The molecule has 3 aromatic carbocycles. The maximum atomic E-state index is 13.4. The van der Waals surface area contributed by atoms with Crippen LogP contribution < -0.4 is 14.4 Å². The molecule has 0 spiro atoms. The number of amides is 1. The van der Waals surface area contributed by atoms with Crippen molar-refractivity contribution in [3.05, 3.63) is 89.5 Å². The number of nitrogens with zero attached hydrogens (tertiary/aromatic N) is 1. The molecule has 32 heavy (non-hydrogen) atoms. The van der Waals surface area contributed by atoms with Crippen LogP contribution in [0.15, 0.2) is 77.7 Å². The van der Waals surface area contributed by atoms with Crippen LogP contribution in [0.5, 0.6) is 5.75 Å². The molecule has 0 atom stereocenters. The van der Waals surface area contributed by atoms with Crippen molar-refractivity contribution in [3.63, 3.8) is 0 Å². The molecule has 0 heterocycles. The number of benzene rings is 3. The Kier molecular flexibility index (Phi) is 7.53. The molecule has 0 aliphatic carbocycles. The standard InChI is InChI=1S/C25H28N2O4S/c1-4-31-23-7-5-6-21(16-23)17-26-25(28)18-27(22-12-8-19(2)9-13-22)32(29,30)24-14-10-20(3)11-15-24/h5-16H,4,17-18H2,1-3H3,(H,26,28). The topological polar surface area (TPSA) is 75.7 Å². The number of rotatable bonds is 9. The zero-order valence-electron chi connectivity index (χ0n) is 18.5. The van der Waals surface area contributed by atoms with Gasteiger partial charge in [-0.1, -0.05) is 47.5 Å². The average molecular weight is 453 g/mol. The SMILES string of the molecule is CCOc1cccc(CNC(=O)CN(c2ccc(C)cc2)S(=O)(=O)c2ccc(C)cc2)c1. The van der Waals surface area contributed by atoms with Gasteiger partial charge in [0, 0.05) is 6.54 Å². The summed E-state index contributed by atoms with van der Waals surface area (Å²) in [7, 11) is -3.92. The molecule has 0 aliphatic rings. The largest absolute Gasteiger partial charge is 0.494 e. The number of aryl methyl sites for hydroxylation is 2. The molecule has 3 rings (SSSR count). The Morgan fingerprint density at radius 2 is 1.56 bits per heavy atom. The summed E-state index contributed by atoms with van der Waals surface area (Å²) in [5.74, 6) is 0.325. The minimum absolute atomic E-state index is 0.140. The third kappa shape index (κ3) is 5.88. The van der Waals surface area contributed by atoms with Crippen LogP contribution >= 0.6 is 0 Å². The molecule has 0 bridgehead atoms. The second kappa shape index (κ2) is 10.3. The van der Waals surface area contributed by atoms with Gasteiger partial charge in [0.1, 0.15) is 12.3 Å². The molecule has 0 unspecified atom stereocenters. The lowest BCUT2D eigenvalue weighted by molar-refractivity contribution is -0.119. The van der Waals surface area contributed by atoms with E-state index in [4.69, 9.17) is 4.74 Å². The van der Waals surface area contributed by atoms with Crippen molar-refractivity contribution in [1.29, 1.82) is 0 Å². The highest BCUT2D eigenvalue weighted by atomic mass is 32.2. The monoisotopic (exact) mass is 452 g/mol. The number of carbonyl (C=O) groups excluding carboxylic acids is 1. The molecule has 0 saturated heterocycles. The molecule has 0 radical (unpaired) electrons. The lowest BCUT2D eigenvalue weighted by Gasteiger charge is -2.24. The summed E-state index contributed by atoms with van der Waals surface area (Å²) in [6.07, 6.45) is 0. The van der Waals surface area contributed by atoms with Crippen LogP contribution in [-0.4, -0.2) is 27.5 Å². The average Bonchev–Trinajstić information content (AvgIpc) is 2.77. The van der Waals surface area contributed by atoms with Crippen molar-refractivity contribution in [2.75, 3.05) is 17.5 Å². The van der Waals surface area contributed by atoms with E-state index in [-0.39, 0.29) is 18.0 Å². The minimum Gasteiger partial charge on any atom is -0.494 e. The van der Waals surface area contributed by atoms with Crippen molar-refractivity contribution in [2.45, 2.75) is 32.2 Å². The Balaban J connectivity index is 1.81. The summed E-state index contributed by atoms with van der Waals surface area (Å²) in [4.78, 5) is 12.9. The molecular weight excluding hydrogens is 424 g/mol. The van der Waals surface area contributed by atoms with Gasteiger partial charge in [-0.2, -0.15) is 0 Å². The van der Waals surface area contributed by atoms with E-state index in [1.165, 1.54) is 0 Å². The third-order valence-electron chi connectivity index (χ3n) is 4.92. The Bertz CT molecular complexity index is 1160. The van der Waals surface area contributed by atoms with Gasteiger partial charge in [0.2, 0.25) is 5.91 Å². The van der Waals surface area contributed by atoms with Crippen LogP contribution in [0.3, 0.4) is 0 Å². The maximum absolute atomic E-state index is 13.4. The maximum Gasteiger partial charge on any atom is 0.264 e. The summed E-state index contributed by atoms with van der Waals surface area (Å²) in [6, 6.07) is 21.1. The predicted molar refractivity (Wildman–Crippen MR) is 126 cm³/mol. The summed E-state index contributed by atoms with van der Waals surface area (Å²) in [6.45, 7) is 6.21. The molecular formula is C25H28N2O4S. The van der Waals surface area contributed by atoms with Gasteiger partial charge in [-0.05, 0) is 62.7 Å². The van der Waals surface area contributed by atoms with E-state index in [1.54, 1.807) is 36.4 Å². The van der Waals surface area contributed by atoms with Crippen molar-refractivity contribution < 1.29 is 17.9 Å². The molecule has 0 saturated carbocycles. The van der Waals surface area contributed by atoms with Gasteiger partial charge in [0.05, 0.1) is 17.2 Å². The number of ether oxygens (including phenoxy) is 1. The molecule has 168 valence electrons. The zero-order chi connectivity index (χ0) is 23.1. The smallest absolute Gasteiger partial charge is 0.264 e. The second-order valence-electron chi connectivity index (χ2n) is 7.52. The van der Waals surface area contributed by atoms with Crippen LogP contribution in [0.4, 0.5) is 5.69 Å². The summed E-state index contributed by atoms with van der Waals surface area (Å²) < 4.78 is 33.4. The second-order valence-corrected chi connectivity index (χ2v) is 9.38. The van der Waals surface area contributed by atoms with Crippen molar-refractivity contribution in [1.82, 2.24) is 5.32 Å². The van der Waals surface area contributed by atoms with Crippen LogP contribution in [0.25, 0.3) is 0 Å².